The lowest BCUT2D eigenvalue weighted by Gasteiger charge is -2.25. The number of amides is 1. The summed E-state index contributed by atoms with van der Waals surface area (Å²) < 4.78 is -0.0883. The highest BCUT2D eigenvalue weighted by molar-refractivity contribution is 8.21. The van der Waals surface area contributed by atoms with Crippen LogP contribution < -0.4 is 0 Å². The lowest BCUT2D eigenvalue weighted by Crippen LogP contribution is -2.43. The first kappa shape index (κ1) is 14.4. The van der Waals surface area contributed by atoms with Crippen molar-refractivity contribution in [2.24, 2.45) is 5.92 Å². The average molecular weight is 307 g/mol. The molecule has 0 bridgehead atoms. The van der Waals surface area contributed by atoms with Crippen LogP contribution in [0.4, 0.5) is 0 Å². The first-order valence-corrected chi connectivity index (χ1v) is 8.51. The van der Waals surface area contributed by atoms with E-state index in [0.29, 0.717) is 18.7 Å². The van der Waals surface area contributed by atoms with Crippen molar-refractivity contribution in [3.8, 4) is 0 Å². The molecular formula is C11H17NO3S3. The van der Waals surface area contributed by atoms with E-state index in [-0.39, 0.29) is 15.9 Å². The first-order chi connectivity index (χ1) is 8.49. The minimum atomic E-state index is -0.889. The summed E-state index contributed by atoms with van der Waals surface area (Å²) in [6.45, 7) is 2.35. The lowest BCUT2D eigenvalue weighted by molar-refractivity contribution is -0.149. The van der Waals surface area contributed by atoms with Crippen molar-refractivity contribution >= 4 is 48.0 Å². The van der Waals surface area contributed by atoms with Gasteiger partial charge in [0.15, 0.2) is 0 Å². The van der Waals surface area contributed by atoms with Gasteiger partial charge in [-0.25, -0.2) is 4.79 Å². The van der Waals surface area contributed by atoms with E-state index in [1.807, 2.05) is 0 Å². The summed E-state index contributed by atoms with van der Waals surface area (Å²) in [4.78, 5) is 25.1. The molecule has 102 valence electrons. The van der Waals surface area contributed by atoms with Crippen molar-refractivity contribution in [2.45, 2.75) is 23.5 Å². The van der Waals surface area contributed by atoms with Crippen LogP contribution in [0.2, 0.25) is 0 Å². The molecule has 4 nitrogen and oxygen atoms in total. The molecule has 0 aromatic rings. The summed E-state index contributed by atoms with van der Waals surface area (Å²) in [5, 5.41) is 9.30. The molecule has 0 unspecified atom stereocenters. The molecule has 2 heterocycles. The Balaban J connectivity index is 2.17. The van der Waals surface area contributed by atoms with Crippen molar-refractivity contribution in [2.75, 3.05) is 23.8 Å². The van der Waals surface area contributed by atoms with Crippen LogP contribution in [0.3, 0.4) is 0 Å². The zero-order valence-electron chi connectivity index (χ0n) is 10.2. The Kier molecular flexibility index (Phi) is 4.44. The van der Waals surface area contributed by atoms with Gasteiger partial charge in [0.1, 0.15) is 6.04 Å². The first-order valence-electron chi connectivity index (χ1n) is 5.91. The molecular weight excluding hydrogens is 290 g/mol. The fraction of sp³-hybridized carbons (Fsp3) is 0.818. The Bertz CT molecular complexity index is 357. The smallest absolute Gasteiger partial charge is 0.326 e. The minimum absolute atomic E-state index is 0.0811. The number of likely N-dealkylation sites (tertiary alicyclic amines) is 1. The summed E-state index contributed by atoms with van der Waals surface area (Å²) in [5.74, 6) is 1.35. The molecule has 0 radical (unpaired) electrons. The number of rotatable bonds is 3. The molecule has 7 heteroatoms. The number of hydrogen-bond acceptors (Lipinski definition) is 5. The second-order valence-electron chi connectivity index (χ2n) is 4.72. The number of thioether (sulfide) groups is 2. The van der Waals surface area contributed by atoms with E-state index in [4.69, 9.17) is 0 Å². The molecule has 1 amide bonds. The third-order valence-corrected chi connectivity index (χ3v) is 7.34. The molecule has 0 saturated carbocycles. The number of hydrogen-bond donors (Lipinski definition) is 2. The van der Waals surface area contributed by atoms with E-state index >= 15 is 0 Å². The highest BCUT2D eigenvalue weighted by Crippen LogP contribution is 2.51. The maximum absolute atomic E-state index is 12.2. The van der Waals surface area contributed by atoms with Crippen LogP contribution in [0.15, 0.2) is 0 Å². The van der Waals surface area contributed by atoms with Gasteiger partial charge in [-0.05, 0) is 0 Å². The quantitative estimate of drug-likeness (QED) is 0.772. The Labute approximate surface area is 121 Å². The normalized spacial score (nSPS) is 27.7. The van der Waals surface area contributed by atoms with Gasteiger partial charge in [-0.1, -0.05) is 6.92 Å². The predicted octanol–water partition coefficient (Wildman–Crippen LogP) is 1.41. The highest BCUT2D eigenvalue weighted by atomic mass is 32.2. The third kappa shape index (κ3) is 2.63. The van der Waals surface area contributed by atoms with Gasteiger partial charge in [0.25, 0.3) is 0 Å². The van der Waals surface area contributed by atoms with Crippen LogP contribution in [0, 0.1) is 5.92 Å². The van der Waals surface area contributed by atoms with Gasteiger partial charge < -0.3 is 10.0 Å². The molecule has 1 N–H and O–H groups in total. The molecule has 1 spiro atoms. The third-order valence-electron chi connectivity index (χ3n) is 3.37. The topological polar surface area (TPSA) is 57.6 Å². The molecule has 2 aliphatic heterocycles. The number of thiol groups is 1. The monoisotopic (exact) mass is 307 g/mol. The van der Waals surface area contributed by atoms with Gasteiger partial charge in [0, 0.05) is 36.1 Å². The molecule has 18 heavy (non-hydrogen) atoms. The van der Waals surface area contributed by atoms with Crippen LogP contribution in [0.1, 0.15) is 13.3 Å². The minimum Gasteiger partial charge on any atom is -0.480 e. The highest BCUT2D eigenvalue weighted by Gasteiger charge is 2.51. The Morgan fingerprint density at radius 3 is 2.61 bits per heavy atom. The van der Waals surface area contributed by atoms with Crippen LogP contribution in [-0.2, 0) is 9.59 Å². The van der Waals surface area contributed by atoms with E-state index in [2.05, 4.69) is 12.6 Å². The van der Waals surface area contributed by atoms with Gasteiger partial charge in [-0.15, -0.1) is 23.5 Å². The van der Waals surface area contributed by atoms with E-state index in [1.165, 1.54) is 0 Å². The Morgan fingerprint density at radius 1 is 1.50 bits per heavy atom. The molecule has 0 aromatic carbocycles. The van der Waals surface area contributed by atoms with Gasteiger partial charge in [0.2, 0.25) is 5.91 Å². The van der Waals surface area contributed by atoms with E-state index < -0.39 is 12.0 Å². The number of nitrogens with zero attached hydrogens (tertiary/aromatic N) is 1. The van der Waals surface area contributed by atoms with Crippen LogP contribution in [-0.4, -0.2) is 55.8 Å². The summed E-state index contributed by atoms with van der Waals surface area (Å²) in [7, 11) is 0. The number of carbonyl (C=O) groups excluding carboxylic acids is 1. The molecule has 2 saturated heterocycles. The molecule has 0 aliphatic carbocycles. The maximum atomic E-state index is 12.2. The van der Waals surface area contributed by atoms with Gasteiger partial charge in [-0.3, -0.25) is 4.79 Å². The van der Waals surface area contributed by atoms with Gasteiger partial charge >= 0.3 is 5.97 Å². The number of carboxylic acid groups (broad SMARTS) is 1. The summed E-state index contributed by atoms with van der Waals surface area (Å²) in [5.41, 5.74) is 0. The van der Waals surface area contributed by atoms with Crippen molar-refractivity contribution in [3.63, 3.8) is 0 Å². The molecule has 2 atom stereocenters. The summed E-state index contributed by atoms with van der Waals surface area (Å²) in [6, 6.07) is -0.669. The van der Waals surface area contributed by atoms with Crippen LogP contribution in [0.5, 0.6) is 0 Å². The fourth-order valence-corrected chi connectivity index (χ4v) is 5.77. The Hall–Kier alpha value is -0.0100. The second kappa shape index (κ2) is 5.54. The molecule has 0 aromatic heterocycles. The van der Waals surface area contributed by atoms with Crippen molar-refractivity contribution in [3.05, 3.63) is 0 Å². The fourth-order valence-electron chi connectivity index (χ4n) is 2.36. The van der Waals surface area contributed by atoms with Crippen LogP contribution in [0.25, 0.3) is 0 Å². The van der Waals surface area contributed by atoms with Crippen LogP contribution >= 0.6 is 36.2 Å². The maximum Gasteiger partial charge on any atom is 0.326 e. The zero-order valence-corrected chi connectivity index (χ0v) is 12.7. The van der Waals surface area contributed by atoms with Gasteiger partial charge in [0.05, 0.1) is 4.08 Å². The van der Waals surface area contributed by atoms with E-state index in [9.17, 15) is 14.7 Å². The van der Waals surface area contributed by atoms with E-state index in [1.54, 1.807) is 35.3 Å². The van der Waals surface area contributed by atoms with Crippen molar-refractivity contribution in [1.29, 1.82) is 0 Å². The summed E-state index contributed by atoms with van der Waals surface area (Å²) in [6.07, 6.45) is 0.558. The SMILES string of the molecule is C[C@H](CS)C(=O)N1CC2(C[C@H]1C(=O)O)SCCS2. The van der Waals surface area contributed by atoms with E-state index in [0.717, 1.165) is 11.5 Å². The van der Waals surface area contributed by atoms with Gasteiger partial charge in [-0.2, -0.15) is 12.6 Å². The van der Waals surface area contributed by atoms with Crippen molar-refractivity contribution < 1.29 is 14.7 Å². The average Bonchev–Trinajstić information content (AvgIpc) is 2.95. The molecule has 2 rings (SSSR count). The Morgan fingerprint density at radius 2 is 2.11 bits per heavy atom. The summed E-state index contributed by atoms with van der Waals surface area (Å²) >= 11 is 7.73. The second-order valence-corrected chi connectivity index (χ2v) is 8.30. The standard InChI is InChI=1S/C11H17NO3S3/c1-7(5-16)9(13)12-6-11(17-2-3-18-11)4-8(12)10(14)15/h7-8,16H,2-6H2,1H3,(H,14,15)/t7-,8+/m1/s1. The molecule has 2 aliphatic rings. The lowest BCUT2D eigenvalue weighted by atomic mass is 10.1. The largest absolute Gasteiger partial charge is 0.480 e. The zero-order chi connectivity index (χ0) is 13.3. The molecule has 2 fully saturated rings. The predicted molar refractivity (Wildman–Crippen MR) is 78.4 cm³/mol. The van der Waals surface area contributed by atoms with Crippen molar-refractivity contribution in [1.82, 2.24) is 4.90 Å². The number of aliphatic carboxylic acids is 1. The number of carboxylic acids is 1. The number of carbonyl (C=O) groups is 2.